The van der Waals surface area contributed by atoms with Crippen molar-refractivity contribution in [3.05, 3.63) is 51.1 Å². The third-order valence-corrected chi connectivity index (χ3v) is 3.03. The van der Waals surface area contributed by atoms with Crippen molar-refractivity contribution < 1.29 is 8.78 Å². The van der Waals surface area contributed by atoms with Gasteiger partial charge in [-0.3, -0.25) is 0 Å². The predicted octanol–water partition coefficient (Wildman–Crippen LogP) is 4.83. The minimum Gasteiger partial charge on any atom is -0.337 e. The molecule has 1 aromatic heterocycles. The monoisotopic (exact) mass is 332 g/mol. The molecule has 2 rings (SSSR count). The highest BCUT2D eigenvalue weighted by atomic mass is 79.9. The van der Waals surface area contributed by atoms with Crippen LogP contribution in [0.3, 0.4) is 0 Å². The van der Waals surface area contributed by atoms with Crippen molar-refractivity contribution in [3.63, 3.8) is 0 Å². The molecule has 0 atom stereocenters. The third kappa shape index (κ3) is 2.79. The summed E-state index contributed by atoms with van der Waals surface area (Å²) in [5, 5.41) is 2.97. The van der Waals surface area contributed by atoms with Gasteiger partial charge in [0.05, 0.1) is 10.7 Å². The zero-order valence-electron chi connectivity index (χ0n) is 9.27. The number of hydrogen-bond donors (Lipinski definition) is 1. The molecule has 2 aromatic rings. The Morgan fingerprint density at radius 3 is 2.61 bits per heavy atom. The highest BCUT2D eigenvalue weighted by molar-refractivity contribution is 9.10. The number of nitrogens with one attached hydrogen (secondary N) is 1. The number of halogens is 4. The summed E-state index contributed by atoms with van der Waals surface area (Å²) >= 11 is 9.14. The molecule has 0 spiro atoms. The van der Waals surface area contributed by atoms with Gasteiger partial charge in [0.1, 0.15) is 17.5 Å². The lowest BCUT2D eigenvalue weighted by atomic mass is 10.2. The fraction of sp³-hybridized carbons (Fsp3) is 0.0833. The van der Waals surface area contributed by atoms with E-state index in [-0.39, 0.29) is 17.1 Å². The molecule has 0 bridgehead atoms. The minimum atomic E-state index is -0.560. The lowest BCUT2D eigenvalue weighted by Crippen LogP contribution is -1.99. The van der Waals surface area contributed by atoms with Crippen molar-refractivity contribution >= 4 is 39.0 Å². The molecule has 94 valence electrons. The Morgan fingerprint density at radius 2 is 1.94 bits per heavy atom. The van der Waals surface area contributed by atoms with Crippen LogP contribution in [-0.2, 0) is 0 Å². The molecule has 6 heteroatoms. The molecule has 0 fully saturated rings. The summed E-state index contributed by atoms with van der Waals surface area (Å²) in [5.41, 5.74) is 0.239. The van der Waals surface area contributed by atoms with Crippen LogP contribution < -0.4 is 5.32 Å². The summed E-state index contributed by atoms with van der Waals surface area (Å²) in [7, 11) is 0. The SMILES string of the molecule is Cc1cc(F)c(Nc2ncc(Br)cc2Cl)cc1F. The Morgan fingerprint density at radius 1 is 1.22 bits per heavy atom. The summed E-state index contributed by atoms with van der Waals surface area (Å²) in [5.74, 6) is -0.788. The number of hydrogen-bond acceptors (Lipinski definition) is 2. The summed E-state index contributed by atoms with van der Waals surface area (Å²) < 4.78 is 27.7. The van der Waals surface area contributed by atoms with Gasteiger partial charge in [0, 0.05) is 16.7 Å². The minimum absolute atomic E-state index is 0.00479. The smallest absolute Gasteiger partial charge is 0.149 e. The second-order valence-electron chi connectivity index (χ2n) is 3.69. The average Bonchev–Trinajstić information content (AvgIpc) is 2.29. The molecule has 0 unspecified atom stereocenters. The number of aromatic nitrogens is 1. The maximum Gasteiger partial charge on any atom is 0.149 e. The molecule has 0 aliphatic carbocycles. The van der Waals surface area contributed by atoms with Gasteiger partial charge in [-0.25, -0.2) is 13.8 Å². The van der Waals surface area contributed by atoms with E-state index in [4.69, 9.17) is 11.6 Å². The van der Waals surface area contributed by atoms with Crippen LogP contribution in [0.25, 0.3) is 0 Å². The zero-order chi connectivity index (χ0) is 13.3. The normalized spacial score (nSPS) is 10.5. The second-order valence-corrected chi connectivity index (χ2v) is 5.01. The maximum absolute atomic E-state index is 13.6. The van der Waals surface area contributed by atoms with E-state index in [0.29, 0.717) is 9.50 Å². The van der Waals surface area contributed by atoms with Crippen LogP contribution in [0.5, 0.6) is 0 Å². The first-order valence-electron chi connectivity index (χ1n) is 5.01. The van der Waals surface area contributed by atoms with Gasteiger partial charge in [0.25, 0.3) is 0 Å². The Kier molecular flexibility index (Phi) is 3.82. The van der Waals surface area contributed by atoms with E-state index in [1.54, 1.807) is 6.07 Å². The van der Waals surface area contributed by atoms with E-state index < -0.39 is 11.6 Å². The van der Waals surface area contributed by atoms with Crippen LogP contribution in [0.1, 0.15) is 5.56 Å². The van der Waals surface area contributed by atoms with Gasteiger partial charge >= 0.3 is 0 Å². The Bertz CT molecular complexity index is 605. The highest BCUT2D eigenvalue weighted by Gasteiger charge is 2.10. The second kappa shape index (κ2) is 5.20. The van der Waals surface area contributed by atoms with Gasteiger partial charge in [-0.05, 0) is 40.5 Å². The first kappa shape index (κ1) is 13.2. The van der Waals surface area contributed by atoms with Crippen molar-refractivity contribution in [2.45, 2.75) is 6.92 Å². The highest BCUT2D eigenvalue weighted by Crippen LogP contribution is 2.28. The molecule has 0 aliphatic rings. The molecule has 2 nitrogen and oxygen atoms in total. The quantitative estimate of drug-likeness (QED) is 0.851. The molecule has 1 heterocycles. The van der Waals surface area contributed by atoms with E-state index in [0.717, 1.165) is 12.1 Å². The Hall–Kier alpha value is -1.20. The van der Waals surface area contributed by atoms with E-state index in [1.165, 1.54) is 13.1 Å². The molecular formula is C12H8BrClF2N2. The molecule has 0 saturated carbocycles. The Balaban J connectivity index is 2.37. The van der Waals surface area contributed by atoms with Crippen LogP contribution >= 0.6 is 27.5 Å². The van der Waals surface area contributed by atoms with Gasteiger partial charge in [0.15, 0.2) is 0 Å². The summed E-state index contributed by atoms with van der Waals surface area (Å²) in [6.07, 6.45) is 1.51. The van der Waals surface area contributed by atoms with Crippen LogP contribution in [0.15, 0.2) is 28.9 Å². The van der Waals surface area contributed by atoms with Gasteiger partial charge < -0.3 is 5.32 Å². The van der Waals surface area contributed by atoms with E-state index in [2.05, 4.69) is 26.2 Å². The van der Waals surface area contributed by atoms with Crippen molar-refractivity contribution in [2.24, 2.45) is 0 Å². The third-order valence-electron chi connectivity index (χ3n) is 2.31. The lowest BCUT2D eigenvalue weighted by Gasteiger charge is -2.09. The molecule has 0 saturated heterocycles. The van der Waals surface area contributed by atoms with Gasteiger partial charge in [-0.2, -0.15) is 0 Å². The van der Waals surface area contributed by atoms with E-state index in [1.807, 2.05) is 0 Å². The zero-order valence-corrected chi connectivity index (χ0v) is 11.6. The van der Waals surface area contributed by atoms with Crippen LogP contribution in [0.4, 0.5) is 20.3 Å². The van der Waals surface area contributed by atoms with Crippen molar-refractivity contribution in [3.8, 4) is 0 Å². The summed E-state index contributed by atoms with van der Waals surface area (Å²) in [6.45, 7) is 1.49. The molecule has 1 N–H and O–H groups in total. The summed E-state index contributed by atoms with van der Waals surface area (Å²) in [6, 6.07) is 3.80. The maximum atomic E-state index is 13.6. The number of rotatable bonds is 2. The van der Waals surface area contributed by atoms with E-state index in [9.17, 15) is 8.78 Å². The number of benzene rings is 1. The van der Waals surface area contributed by atoms with Crippen LogP contribution in [0, 0.1) is 18.6 Å². The van der Waals surface area contributed by atoms with E-state index >= 15 is 0 Å². The van der Waals surface area contributed by atoms with Crippen LogP contribution in [-0.4, -0.2) is 4.98 Å². The molecule has 0 amide bonds. The standard InChI is InChI=1S/C12H8BrClF2N2/c1-6-2-10(16)11(4-9(6)15)18-12-8(14)3-7(13)5-17-12/h2-5H,1H3,(H,17,18). The summed E-state index contributed by atoms with van der Waals surface area (Å²) in [4.78, 5) is 3.99. The average molecular weight is 334 g/mol. The lowest BCUT2D eigenvalue weighted by molar-refractivity contribution is 0.595. The molecule has 18 heavy (non-hydrogen) atoms. The van der Waals surface area contributed by atoms with Crippen molar-refractivity contribution in [1.29, 1.82) is 0 Å². The van der Waals surface area contributed by atoms with Gasteiger partial charge in [-0.15, -0.1) is 0 Å². The number of nitrogens with zero attached hydrogens (tertiary/aromatic N) is 1. The molecule has 1 aromatic carbocycles. The Labute approximate surface area is 116 Å². The molecule has 0 aliphatic heterocycles. The fourth-order valence-electron chi connectivity index (χ4n) is 1.38. The first-order valence-corrected chi connectivity index (χ1v) is 6.18. The largest absolute Gasteiger partial charge is 0.337 e. The van der Waals surface area contributed by atoms with Gasteiger partial charge in [-0.1, -0.05) is 11.6 Å². The fourth-order valence-corrected chi connectivity index (χ4v) is 2.05. The number of pyridine rings is 1. The predicted molar refractivity (Wildman–Crippen MR) is 71.3 cm³/mol. The van der Waals surface area contributed by atoms with Crippen LogP contribution in [0.2, 0.25) is 5.02 Å². The van der Waals surface area contributed by atoms with Crippen molar-refractivity contribution in [1.82, 2.24) is 4.98 Å². The number of anilines is 2. The van der Waals surface area contributed by atoms with Crippen molar-refractivity contribution in [2.75, 3.05) is 5.32 Å². The molecule has 0 radical (unpaired) electrons. The topological polar surface area (TPSA) is 24.9 Å². The first-order chi connectivity index (χ1) is 8.47. The molecular weight excluding hydrogens is 325 g/mol. The number of aryl methyl sites for hydroxylation is 1. The van der Waals surface area contributed by atoms with Gasteiger partial charge in [0.2, 0.25) is 0 Å².